The number of aromatic nitrogens is 2. The average molecular weight is 226 g/mol. The lowest BCUT2D eigenvalue weighted by Crippen LogP contribution is -2.35. The van der Waals surface area contributed by atoms with E-state index in [-0.39, 0.29) is 12.1 Å². The fourth-order valence-corrected chi connectivity index (χ4v) is 1.33. The van der Waals surface area contributed by atoms with E-state index in [1.807, 2.05) is 11.9 Å². The number of amidine groups is 1. The maximum Gasteiger partial charge on any atom is 0.331 e. The summed E-state index contributed by atoms with van der Waals surface area (Å²) in [5.74, 6) is -1.11. The Morgan fingerprint density at radius 2 is 2.19 bits per heavy atom. The predicted molar refractivity (Wildman–Crippen MR) is 58.9 cm³/mol. The number of aromatic amines is 1. The van der Waals surface area contributed by atoms with Crippen LogP contribution >= 0.6 is 0 Å². The Labute approximate surface area is 91.0 Å². The third-order valence-corrected chi connectivity index (χ3v) is 2.18. The van der Waals surface area contributed by atoms with Gasteiger partial charge in [0.15, 0.2) is 0 Å². The molecule has 1 aromatic heterocycles. The molecule has 0 bridgehead atoms. The lowest BCUT2D eigenvalue weighted by molar-refractivity contribution is 0.394. The van der Waals surface area contributed by atoms with Crippen LogP contribution in [0.1, 0.15) is 25.3 Å². The molecule has 0 radical (unpaired) electrons. The van der Waals surface area contributed by atoms with Crippen LogP contribution < -0.4 is 17.0 Å². The summed E-state index contributed by atoms with van der Waals surface area (Å²) in [4.78, 5) is 24.7. The van der Waals surface area contributed by atoms with E-state index in [2.05, 4.69) is 0 Å². The number of hydrogen-bond acceptors (Lipinski definition) is 4. The second-order valence-electron chi connectivity index (χ2n) is 3.38. The van der Waals surface area contributed by atoms with Gasteiger partial charge in [-0.15, -0.1) is 0 Å². The molecule has 0 aliphatic carbocycles. The van der Waals surface area contributed by atoms with Gasteiger partial charge in [0.25, 0.3) is 5.56 Å². The van der Waals surface area contributed by atoms with Crippen molar-refractivity contribution in [1.29, 1.82) is 5.41 Å². The molecule has 1 aromatic rings. The van der Waals surface area contributed by atoms with Gasteiger partial charge in [-0.1, -0.05) is 13.3 Å². The van der Waals surface area contributed by atoms with Crippen molar-refractivity contribution < 1.29 is 5.11 Å². The Morgan fingerprint density at radius 3 is 2.69 bits per heavy atom. The molecule has 1 heterocycles. The zero-order valence-corrected chi connectivity index (χ0v) is 8.91. The molecule has 16 heavy (non-hydrogen) atoms. The molecule has 0 fully saturated rings. The molecule has 0 unspecified atom stereocenters. The summed E-state index contributed by atoms with van der Waals surface area (Å²) in [7, 11) is 0. The van der Waals surface area contributed by atoms with Crippen molar-refractivity contribution >= 4 is 5.84 Å². The number of unbranched alkanes of at least 4 members (excludes halogenated alkanes) is 1. The van der Waals surface area contributed by atoms with Crippen LogP contribution in [0.25, 0.3) is 0 Å². The summed E-state index contributed by atoms with van der Waals surface area (Å²) in [6.07, 6.45) is 1.51. The summed E-state index contributed by atoms with van der Waals surface area (Å²) in [5.41, 5.74) is 3.25. The summed E-state index contributed by atoms with van der Waals surface area (Å²) >= 11 is 0. The minimum atomic E-state index is -0.845. The molecule has 1 rings (SSSR count). The normalized spacial score (nSPS) is 10.3. The quantitative estimate of drug-likeness (QED) is 0.401. The third kappa shape index (κ3) is 2.13. The molecule has 0 aliphatic rings. The zero-order valence-electron chi connectivity index (χ0n) is 8.91. The summed E-state index contributed by atoms with van der Waals surface area (Å²) in [5, 5.41) is 16.8. The minimum Gasteiger partial charge on any atom is -0.494 e. The van der Waals surface area contributed by atoms with Crippen LogP contribution in [0, 0.1) is 5.41 Å². The van der Waals surface area contributed by atoms with Crippen LogP contribution in [0.5, 0.6) is 5.88 Å². The molecule has 5 N–H and O–H groups in total. The number of hydrogen-bond donors (Lipinski definition) is 4. The lowest BCUT2D eigenvalue weighted by atomic mass is 10.2. The number of aromatic hydroxyl groups is 1. The van der Waals surface area contributed by atoms with E-state index in [0.717, 1.165) is 11.0 Å². The monoisotopic (exact) mass is 226 g/mol. The summed E-state index contributed by atoms with van der Waals surface area (Å²) in [6.45, 7) is 2.21. The van der Waals surface area contributed by atoms with Gasteiger partial charge in [0.2, 0.25) is 5.88 Å². The number of rotatable bonds is 4. The Balaban J connectivity index is 3.39. The van der Waals surface area contributed by atoms with Gasteiger partial charge in [-0.2, -0.15) is 0 Å². The maximum absolute atomic E-state index is 11.4. The highest BCUT2D eigenvalue weighted by Gasteiger charge is 2.15. The molecule has 0 saturated heterocycles. The summed E-state index contributed by atoms with van der Waals surface area (Å²) < 4.78 is 1.00. The number of nitrogens with one attached hydrogen (secondary N) is 2. The molecule has 0 amide bonds. The van der Waals surface area contributed by atoms with E-state index in [1.165, 1.54) is 0 Å². The molecule has 0 atom stereocenters. The Hall–Kier alpha value is -2.05. The van der Waals surface area contributed by atoms with Gasteiger partial charge in [0, 0.05) is 6.54 Å². The molecule has 0 aromatic carbocycles. The Morgan fingerprint density at radius 1 is 1.56 bits per heavy atom. The topological polar surface area (TPSA) is 125 Å². The van der Waals surface area contributed by atoms with Gasteiger partial charge in [-0.3, -0.25) is 19.8 Å². The standard InChI is InChI=1S/C9H14N4O3/c1-2-3-4-13-8(15)5(6(10)11)7(14)12-9(13)16/h15H,2-4H2,1H3,(H3,10,11)(H,12,14,16). The maximum atomic E-state index is 11.4. The van der Waals surface area contributed by atoms with Crippen molar-refractivity contribution in [3.8, 4) is 5.88 Å². The lowest BCUT2D eigenvalue weighted by Gasteiger charge is -2.09. The van der Waals surface area contributed by atoms with Gasteiger partial charge in [0.05, 0.1) is 0 Å². The highest BCUT2D eigenvalue weighted by Crippen LogP contribution is 2.09. The van der Waals surface area contributed by atoms with E-state index in [0.29, 0.717) is 6.42 Å². The number of nitrogens with zero attached hydrogens (tertiary/aromatic N) is 1. The first-order valence-electron chi connectivity index (χ1n) is 4.89. The van der Waals surface area contributed by atoms with Crippen molar-refractivity contribution in [2.24, 2.45) is 5.73 Å². The Bertz CT molecular complexity index is 514. The van der Waals surface area contributed by atoms with Gasteiger partial charge in [-0.05, 0) is 6.42 Å². The first-order chi connectivity index (χ1) is 7.49. The van der Waals surface area contributed by atoms with Crippen LogP contribution in [0.2, 0.25) is 0 Å². The van der Waals surface area contributed by atoms with Crippen molar-refractivity contribution in [3.05, 3.63) is 26.4 Å². The smallest absolute Gasteiger partial charge is 0.331 e. The van der Waals surface area contributed by atoms with E-state index in [4.69, 9.17) is 11.1 Å². The van der Waals surface area contributed by atoms with E-state index >= 15 is 0 Å². The van der Waals surface area contributed by atoms with Crippen LogP contribution in [0.3, 0.4) is 0 Å². The number of nitrogen functional groups attached to an aromatic ring is 1. The number of H-pyrrole nitrogens is 1. The molecule has 7 heteroatoms. The van der Waals surface area contributed by atoms with Gasteiger partial charge >= 0.3 is 5.69 Å². The highest BCUT2D eigenvalue weighted by molar-refractivity contribution is 5.96. The van der Waals surface area contributed by atoms with Gasteiger partial charge in [0.1, 0.15) is 11.4 Å². The molecular weight excluding hydrogens is 212 g/mol. The van der Waals surface area contributed by atoms with E-state index in [9.17, 15) is 14.7 Å². The average Bonchev–Trinajstić information content (AvgIpc) is 2.16. The highest BCUT2D eigenvalue weighted by atomic mass is 16.3. The fraction of sp³-hybridized carbons (Fsp3) is 0.444. The number of nitrogens with two attached hydrogens (primary N) is 1. The van der Waals surface area contributed by atoms with Crippen molar-refractivity contribution in [2.75, 3.05) is 0 Å². The molecular formula is C9H14N4O3. The van der Waals surface area contributed by atoms with Crippen molar-refractivity contribution in [1.82, 2.24) is 9.55 Å². The largest absolute Gasteiger partial charge is 0.494 e. The second kappa shape index (κ2) is 4.65. The summed E-state index contributed by atoms with van der Waals surface area (Å²) in [6, 6.07) is 0. The van der Waals surface area contributed by atoms with E-state index < -0.39 is 23.0 Å². The molecule has 0 spiro atoms. The minimum absolute atomic E-state index is 0.276. The third-order valence-electron chi connectivity index (χ3n) is 2.18. The predicted octanol–water partition coefficient (Wildman–Crippen LogP) is -0.674. The molecule has 0 saturated carbocycles. The van der Waals surface area contributed by atoms with Crippen molar-refractivity contribution in [2.45, 2.75) is 26.3 Å². The van der Waals surface area contributed by atoms with Crippen LogP contribution in [0.15, 0.2) is 9.59 Å². The fourth-order valence-electron chi connectivity index (χ4n) is 1.33. The molecule has 88 valence electrons. The van der Waals surface area contributed by atoms with Crippen LogP contribution in [-0.4, -0.2) is 20.5 Å². The van der Waals surface area contributed by atoms with Crippen LogP contribution in [-0.2, 0) is 6.54 Å². The van der Waals surface area contributed by atoms with Gasteiger partial charge < -0.3 is 10.8 Å². The second-order valence-corrected chi connectivity index (χ2v) is 3.38. The van der Waals surface area contributed by atoms with E-state index in [1.54, 1.807) is 0 Å². The van der Waals surface area contributed by atoms with Crippen LogP contribution in [0.4, 0.5) is 0 Å². The molecule has 7 nitrogen and oxygen atoms in total. The Kier molecular flexibility index (Phi) is 3.49. The van der Waals surface area contributed by atoms with Crippen molar-refractivity contribution in [3.63, 3.8) is 0 Å². The molecule has 0 aliphatic heterocycles. The zero-order chi connectivity index (χ0) is 12.3. The first-order valence-corrected chi connectivity index (χ1v) is 4.89. The van der Waals surface area contributed by atoms with Gasteiger partial charge in [-0.25, -0.2) is 4.79 Å². The SMILES string of the molecule is CCCCn1c(O)c(C(=N)N)c(=O)[nH]c1=O. The first kappa shape index (κ1) is 12.0.